The third-order valence-corrected chi connectivity index (χ3v) is 4.53. The molecular weight excluding hydrogens is 342 g/mol. The summed E-state index contributed by atoms with van der Waals surface area (Å²) in [5.41, 5.74) is 0.647. The second kappa shape index (κ2) is 10.7. The number of aromatic nitrogens is 1. The lowest BCUT2D eigenvalue weighted by atomic mass is 10.3. The van der Waals surface area contributed by atoms with Gasteiger partial charge in [-0.15, -0.1) is 11.3 Å². The summed E-state index contributed by atoms with van der Waals surface area (Å²) in [6, 6.07) is -0.170. The predicted octanol–water partition coefficient (Wildman–Crippen LogP) is 1.38. The first kappa shape index (κ1) is 20.9. The van der Waals surface area contributed by atoms with Gasteiger partial charge in [0, 0.05) is 13.6 Å². The Bertz CT molecular complexity index is 615. The standard InChI is InChI=1S/C16H27N5O3S/c1-6-8-18-12(22)9-19-16(17-5)21-11(4)14-20-10(3)13(25-14)15(23)24-7-2/h11H,6-9H2,1-5H3,(H,18,22)(H2,17,19,21). The quantitative estimate of drug-likeness (QED) is 0.363. The summed E-state index contributed by atoms with van der Waals surface area (Å²) in [7, 11) is 1.63. The van der Waals surface area contributed by atoms with Crippen LogP contribution in [-0.4, -0.2) is 49.6 Å². The molecule has 1 aromatic rings. The Morgan fingerprint density at radius 3 is 2.64 bits per heavy atom. The van der Waals surface area contributed by atoms with Crippen molar-refractivity contribution in [2.45, 2.75) is 40.2 Å². The Morgan fingerprint density at radius 2 is 2.04 bits per heavy atom. The van der Waals surface area contributed by atoms with E-state index in [2.05, 4.69) is 25.9 Å². The normalized spacial score (nSPS) is 12.4. The first-order valence-electron chi connectivity index (χ1n) is 8.31. The minimum Gasteiger partial charge on any atom is -0.462 e. The second-order valence-electron chi connectivity index (χ2n) is 5.33. The van der Waals surface area contributed by atoms with Gasteiger partial charge in [-0.2, -0.15) is 0 Å². The number of thiazole rings is 1. The van der Waals surface area contributed by atoms with Gasteiger partial charge in [0.2, 0.25) is 5.91 Å². The zero-order valence-corrected chi connectivity index (χ0v) is 16.2. The molecule has 1 atom stereocenters. The van der Waals surface area contributed by atoms with Crippen molar-refractivity contribution in [3.05, 3.63) is 15.6 Å². The number of carbonyl (C=O) groups is 2. The Balaban J connectivity index is 2.64. The summed E-state index contributed by atoms with van der Waals surface area (Å²) in [6.45, 7) is 8.58. The van der Waals surface area contributed by atoms with Gasteiger partial charge in [-0.3, -0.25) is 9.79 Å². The van der Waals surface area contributed by atoms with E-state index < -0.39 is 0 Å². The minimum atomic E-state index is -0.356. The Labute approximate surface area is 152 Å². The number of aryl methyl sites for hydroxylation is 1. The molecule has 9 heteroatoms. The molecule has 0 aliphatic carbocycles. The van der Waals surface area contributed by atoms with Crippen molar-refractivity contribution in [3.63, 3.8) is 0 Å². The lowest BCUT2D eigenvalue weighted by Crippen LogP contribution is -2.44. The number of carbonyl (C=O) groups excluding carboxylic acids is 2. The predicted molar refractivity (Wildman–Crippen MR) is 99.0 cm³/mol. The van der Waals surface area contributed by atoms with Crippen LogP contribution in [0.5, 0.6) is 0 Å². The molecule has 0 saturated heterocycles. The van der Waals surface area contributed by atoms with Gasteiger partial charge >= 0.3 is 5.97 Å². The number of ether oxygens (including phenoxy) is 1. The van der Waals surface area contributed by atoms with Crippen LogP contribution in [0.2, 0.25) is 0 Å². The molecule has 140 valence electrons. The van der Waals surface area contributed by atoms with E-state index in [9.17, 15) is 9.59 Å². The van der Waals surface area contributed by atoms with E-state index in [0.717, 1.165) is 11.4 Å². The molecule has 0 saturated carbocycles. The van der Waals surface area contributed by atoms with Crippen molar-refractivity contribution in [1.82, 2.24) is 20.9 Å². The lowest BCUT2D eigenvalue weighted by Gasteiger charge is -2.16. The van der Waals surface area contributed by atoms with Crippen LogP contribution in [0.3, 0.4) is 0 Å². The van der Waals surface area contributed by atoms with Crippen LogP contribution in [0.4, 0.5) is 0 Å². The number of nitrogens with one attached hydrogen (secondary N) is 3. The maximum atomic E-state index is 11.9. The van der Waals surface area contributed by atoms with Crippen LogP contribution in [0.15, 0.2) is 4.99 Å². The summed E-state index contributed by atoms with van der Waals surface area (Å²) in [4.78, 5) is 32.6. The topological polar surface area (TPSA) is 105 Å². The average molecular weight is 369 g/mol. The summed E-state index contributed by atoms with van der Waals surface area (Å²) in [5, 5.41) is 9.65. The molecule has 0 bridgehead atoms. The number of aliphatic imine (C=N–C) groups is 1. The van der Waals surface area contributed by atoms with Crippen LogP contribution in [-0.2, 0) is 9.53 Å². The Morgan fingerprint density at radius 1 is 1.32 bits per heavy atom. The molecule has 1 unspecified atom stereocenters. The second-order valence-corrected chi connectivity index (χ2v) is 6.36. The highest BCUT2D eigenvalue weighted by Gasteiger charge is 2.20. The highest BCUT2D eigenvalue weighted by atomic mass is 32.1. The first-order valence-corrected chi connectivity index (χ1v) is 9.12. The maximum Gasteiger partial charge on any atom is 0.350 e. The molecule has 1 rings (SSSR count). The third kappa shape index (κ3) is 6.69. The molecule has 0 spiro atoms. The Kier molecular flexibility index (Phi) is 8.90. The van der Waals surface area contributed by atoms with Crippen LogP contribution in [0.25, 0.3) is 0 Å². The van der Waals surface area contributed by atoms with Gasteiger partial charge in [0.25, 0.3) is 0 Å². The van der Waals surface area contributed by atoms with Crippen LogP contribution < -0.4 is 16.0 Å². The van der Waals surface area contributed by atoms with Crippen LogP contribution in [0, 0.1) is 6.92 Å². The summed E-state index contributed by atoms with van der Waals surface area (Å²) >= 11 is 1.29. The number of hydrogen-bond acceptors (Lipinski definition) is 6. The molecule has 1 aromatic heterocycles. The van der Waals surface area contributed by atoms with Crippen molar-refractivity contribution >= 4 is 29.2 Å². The summed E-state index contributed by atoms with van der Waals surface area (Å²) < 4.78 is 5.03. The van der Waals surface area contributed by atoms with Crippen LogP contribution in [0.1, 0.15) is 53.6 Å². The molecule has 0 aliphatic heterocycles. The van der Waals surface area contributed by atoms with Gasteiger partial charge < -0.3 is 20.7 Å². The molecule has 1 heterocycles. The molecule has 3 N–H and O–H groups in total. The van der Waals surface area contributed by atoms with E-state index in [1.165, 1.54) is 11.3 Å². The average Bonchev–Trinajstić information content (AvgIpc) is 2.98. The van der Waals surface area contributed by atoms with E-state index >= 15 is 0 Å². The van der Waals surface area contributed by atoms with E-state index in [-0.39, 0.29) is 24.5 Å². The van der Waals surface area contributed by atoms with Crippen molar-refractivity contribution in [2.75, 3.05) is 26.7 Å². The summed E-state index contributed by atoms with van der Waals surface area (Å²) in [6.07, 6.45) is 0.891. The number of hydrogen-bond donors (Lipinski definition) is 3. The van der Waals surface area contributed by atoms with Gasteiger partial charge in [-0.05, 0) is 27.2 Å². The SMILES string of the molecule is CCCNC(=O)CNC(=NC)NC(C)c1nc(C)c(C(=O)OCC)s1. The third-order valence-electron chi connectivity index (χ3n) is 3.21. The van der Waals surface area contributed by atoms with Crippen LogP contribution >= 0.6 is 11.3 Å². The number of esters is 1. The number of guanidine groups is 1. The molecule has 25 heavy (non-hydrogen) atoms. The highest BCUT2D eigenvalue weighted by Crippen LogP contribution is 2.24. The number of nitrogens with zero attached hydrogens (tertiary/aromatic N) is 2. The molecule has 0 fully saturated rings. The molecule has 0 aliphatic rings. The fraction of sp³-hybridized carbons (Fsp3) is 0.625. The fourth-order valence-electron chi connectivity index (χ4n) is 1.94. The van der Waals surface area contributed by atoms with Gasteiger partial charge in [-0.25, -0.2) is 9.78 Å². The summed E-state index contributed by atoms with van der Waals surface area (Å²) in [5.74, 6) is 0.0443. The monoisotopic (exact) mass is 369 g/mol. The van der Waals surface area contributed by atoms with Gasteiger partial charge in [0.05, 0.1) is 24.9 Å². The molecule has 8 nitrogen and oxygen atoms in total. The van der Waals surface area contributed by atoms with Crippen molar-refractivity contribution in [2.24, 2.45) is 4.99 Å². The van der Waals surface area contributed by atoms with Gasteiger partial charge in [-0.1, -0.05) is 6.92 Å². The zero-order valence-electron chi connectivity index (χ0n) is 15.4. The smallest absolute Gasteiger partial charge is 0.350 e. The highest BCUT2D eigenvalue weighted by molar-refractivity contribution is 7.13. The molecule has 0 aromatic carbocycles. The Hall–Kier alpha value is -2.16. The van der Waals surface area contributed by atoms with Crippen molar-refractivity contribution in [1.29, 1.82) is 0 Å². The zero-order chi connectivity index (χ0) is 18.8. The van der Waals surface area contributed by atoms with E-state index in [1.54, 1.807) is 20.9 Å². The van der Waals surface area contributed by atoms with Gasteiger partial charge in [0.15, 0.2) is 5.96 Å². The maximum absolute atomic E-state index is 11.9. The van der Waals surface area contributed by atoms with E-state index in [0.29, 0.717) is 29.7 Å². The van der Waals surface area contributed by atoms with E-state index in [1.807, 2.05) is 13.8 Å². The minimum absolute atomic E-state index is 0.0906. The van der Waals surface area contributed by atoms with Crippen molar-refractivity contribution in [3.8, 4) is 0 Å². The first-order chi connectivity index (χ1) is 11.9. The van der Waals surface area contributed by atoms with Crippen molar-refractivity contribution < 1.29 is 14.3 Å². The number of rotatable bonds is 8. The largest absolute Gasteiger partial charge is 0.462 e. The fourth-order valence-corrected chi connectivity index (χ4v) is 2.90. The number of amides is 1. The molecule has 1 amide bonds. The molecule has 0 radical (unpaired) electrons. The van der Waals surface area contributed by atoms with E-state index in [4.69, 9.17) is 4.74 Å². The molecular formula is C16H27N5O3S. The lowest BCUT2D eigenvalue weighted by molar-refractivity contribution is -0.120. The van der Waals surface area contributed by atoms with Gasteiger partial charge in [0.1, 0.15) is 9.88 Å².